The number of ether oxygens (including phenoxy) is 1. The van der Waals surface area contributed by atoms with Crippen LogP contribution in [0.2, 0.25) is 0 Å². The first kappa shape index (κ1) is 18.8. The number of carbonyl (C=O) groups is 1. The summed E-state index contributed by atoms with van der Waals surface area (Å²) in [5.74, 6) is 0.289. The van der Waals surface area contributed by atoms with Crippen LogP contribution in [0.1, 0.15) is 43.6 Å². The molecular formula is C17H25N5O3S. The van der Waals surface area contributed by atoms with Crippen LogP contribution in [-0.2, 0) is 4.74 Å². The zero-order chi connectivity index (χ0) is 18.5. The van der Waals surface area contributed by atoms with Gasteiger partial charge in [-0.05, 0) is 32.1 Å². The van der Waals surface area contributed by atoms with E-state index in [1.54, 1.807) is 0 Å². The summed E-state index contributed by atoms with van der Waals surface area (Å²) in [5, 5.41) is 8.19. The Morgan fingerprint density at radius 1 is 1.50 bits per heavy atom. The summed E-state index contributed by atoms with van der Waals surface area (Å²) in [4.78, 5) is 31.1. The van der Waals surface area contributed by atoms with Crippen molar-refractivity contribution in [1.82, 2.24) is 19.9 Å². The van der Waals surface area contributed by atoms with Crippen LogP contribution in [-0.4, -0.2) is 53.4 Å². The van der Waals surface area contributed by atoms with E-state index < -0.39 is 5.56 Å². The molecule has 142 valence electrons. The van der Waals surface area contributed by atoms with Gasteiger partial charge in [0.1, 0.15) is 5.69 Å². The maximum atomic E-state index is 12.5. The molecule has 8 nitrogen and oxygen atoms in total. The fraction of sp³-hybridized carbons (Fsp3) is 0.647. The van der Waals surface area contributed by atoms with Crippen molar-refractivity contribution in [1.29, 1.82) is 0 Å². The second-order valence-corrected chi connectivity index (χ2v) is 7.49. The normalized spacial score (nSPS) is 17.6. The molecule has 0 radical (unpaired) electrons. The van der Waals surface area contributed by atoms with Gasteiger partial charge in [-0.25, -0.2) is 0 Å². The van der Waals surface area contributed by atoms with Crippen molar-refractivity contribution in [2.45, 2.75) is 33.1 Å². The van der Waals surface area contributed by atoms with Gasteiger partial charge in [0, 0.05) is 38.9 Å². The van der Waals surface area contributed by atoms with Crippen LogP contribution in [0.25, 0.3) is 4.96 Å². The van der Waals surface area contributed by atoms with Crippen LogP contribution in [0.4, 0.5) is 5.13 Å². The zero-order valence-corrected chi connectivity index (χ0v) is 16.0. The number of fused-ring (bicyclic) bond motifs is 1. The number of carbonyl (C=O) groups excluding carboxylic acids is 1. The molecule has 1 aliphatic heterocycles. The summed E-state index contributed by atoms with van der Waals surface area (Å²) in [6.45, 7) is 7.76. The van der Waals surface area contributed by atoms with E-state index in [9.17, 15) is 9.59 Å². The van der Waals surface area contributed by atoms with E-state index in [-0.39, 0.29) is 11.6 Å². The second-order valence-electron chi connectivity index (χ2n) is 6.56. The Morgan fingerprint density at radius 3 is 3.12 bits per heavy atom. The minimum atomic E-state index is -0.424. The van der Waals surface area contributed by atoms with Crippen LogP contribution in [0.15, 0.2) is 10.9 Å². The number of nitrogens with zero attached hydrogens (tertiary/aromatic N) is 4. The Hall–Kier alpha value is -2.00. The van der Waals surface area contributed by atoms with Gasteiger partial charge in [-0.2, -0.15) is 9.50 Å². The summed E-state index contributed by atoms with van der Waals surface area (Å²) in [6.07, 6.45) is 3.05. The number of anilines is 1. The zero-order valence-electron chi connectivity index (χ0n) is 15.2. The molecule has 9 heteroatoms. The van der Waals surface area contributed by atoms with Gasteiger partial charge >= 0.3 is 0 Å². The van der Waals surface area contributed by atoms with Crippen LogP contribution in [0.5, 0.6) is 0 Å². The predicted molar refractivity (Wildman–Crippen MR) is 101 cm³/mol. The maximum absolute atomic E-state index is 12.5. The van der Waals surface area contributed by atoms with Crippen molar-refractivity contribution in [3.63, 3.8) is 0 Å². The minimum Gasteiger partial charge on any atom is -0.382 e. The molecular weight excluding hydrogens is 354 g/mol. The molecule has 3 rings (SSSR count). The van der Waals surface area contributed by atoms with E-state index in [1.165, 1.54) is 28.3 Å². The fourth-order valence-corrected chi connectivity index (χ4v) is 4.01. The Balaban J connectivity index is 1.79. The van der Waals surface area contributed by atoms with Gasteiger partial charge in [-0.15, -0.1) is 5.10 Å². The lowest BCUT2D eigenvalue weighted by Gasteiger charge is -2.30. The predicted octanol–water partition coefficient (Wildman–Crippen LogP) is 1.54. The number of nitrogens with one attached hydrogen (secondary N) is 1. The van der Waals surface area contributed by atoms with Crippen LogP contribution in [0.3, 0.4) is 0 Å². The monoisotopic (exact) mass is 379 g/mol. The van der Waals surface area contributed by atoms with Crippen molar-refractivity contribution in [2.24, 2.45) is 5.92 Å². The summed E-state index contributed by atoms with van der Waals surface area (Å²) in [7, 11) is 0. The number of rotatable bonds is 7. The van der Waals surface area contributed by atoms with Crippen LogP contribution < -0.4 is 15.8 Å². The smallest absolute Gasteiger partial charge is 0.274 e. The molecule has 1 saturated heterocycles. The number of amides is 1. The Labute approximate surface area is 156 Å². The van der Waals surface area contributed by atoms with E-state index in [2.05, 4.69) is 27.2 Å². The highest BCUT2D eigenvalue weighted by Crippen LogP contribution is 2.27. The van der Waals surface area contributed by atoms with Crippen molar-refractivity contribution in [3.8, 4) is 0 Å². The lowest BCUT2D eigenvalue weighted by Crippen LogP contribution is -2.34. The van der Waals surface area contributed by atoms with Crippen LogP contribution in [0, 0.1) is 5.92 Å². The number of hydrogen-bond acceptors (Lipinski definition) is 7. The molecule has 26 heavy (non-hydrogen) atoms. The molecule has 0 spiro atoms. The first-order valence-electron chi connectivity index (χ1n) is 9.10. The molecule has 2 aromatic rings. The summed E-state index contributed by atoms with van der Waals surface area (Å²) >= 11 is 1.35. The highest BCUT2D eigenvalue weighted by Gasteiger charge is 2.22. The molecule has 1 N–H and O–H groups in total. The Kier molecular flexibility index (Phi) is 6.20. The summed E-state index contributed by atoms with van der Waals surface area (Å²) in [6, 6.07) is 1.24. The maximum Gasteiger partial charge on any atom is 0.274 e. The third-order valence-corrected chi connectivity index (χ3v) is 5.33. The van der Waals surface area contributed by atoms with E-state index in [0.717, 1.165) is 31.1 Å². The quantitative estimate of drug-likeness (QED) is 0.734. The Bertz CT molecular complexity index is 818. The second kappa shape index (κ2) is 8.59. The topological polar surface area (TPSA) is 88.8 Å². The molecule has 1 amide bonds. The van der Waals surface area contributed by atoms with Gasteiger partial charge in [0.25, 0.3) is 11.5 Å². The van der Waals surface area contributed by atoms with Gasteiger partial charge in [0.15, 0.2) is 0 Å². The summed E-state index contributed by atoms with van der Waals surface area (Å²) in [5.41, 5.74) is -0.198. The SMILES string of the molecule is CCOCCCNC(=O)c1cc(=O)nc2sc(N3CCC[C@@H](C)C3)nn12. The van der Waals surface area contributed by atoms with Crippen molar-refractivity contribution >= 4 is 27.3 Å². The first-order valence-corrected chi connectivity index (χ1v) is 9.92. The molecule has 1 aliphatic rings. The third kappa shape index (κ3) is 4.39. The van der Waals surface area contributed by atoms with Crippen molar-refractivity contribution in [3.05, 3.63) is 22.1 Å². The van der Waals surface area contributed by atoms with Gasteiger partial charge in [-0.1, -0.05) is 18.3 Å². The van der Waals surface area contributed by atoms with Gasteiger partial charge in [0.05, 0.1) is 0 Å². The van der Waals surface area contributed by atoms with Crippen molar-refractivity contribution < 1.29 is 9.53 Å². The lowest BCUT2D eigenvalue weighted by atomic mass is 10.0. The van der Waals surface area contributed by atoms with Crippen molar-refractivity contribution in [2.75, 3.05) is 37.7 Å². The van der Waals surface area contributed by atoms with Gasteiger partial charge < -0.3 is 15.0 Å². The van der Waals surface area contributed by atoms with E-state index in [1.807, 2.05) is 6.92 Å². The molecule has 0 bridgehead atoms. The number of aromatic nitrogens is 3. The lowest BCUT2D eigenvalue weighted by molar-refractivity contribution is 0.0936. The molecule has 1 atom stereocenters. The van der Waals surface area contributed by atoms with E-state index in [0.29, 0.717) is 30.6 Å². The molecule has 0 aromatic carbocycles. The summed E-state index contributed by atoms with van der Waals surface area (Å²) < 4.78 is 6.74. The fourth-order valence-electron chi connectivity index (χ4n) is 3.07. The molecule has 0 unspecified atom stereocenters. The third-order valence-electron chi connectivity index (χ3n) is 4.36. The average molecular weight is 379 g/mol. The number of hydrogen-bond donors (Lipinski definition) is 1. The van der Waals surface area contributed by atoms with E-state index in [4.69, 9.17) is 4.74 Å². The molecule has 2 aromatic heterocycles. The van der Waals surface area contributed by atoms with Gasteiger partial charge in [0.2, 0.25) is 10.1 Å². The standard InChI is InChI=1S/C17H25N5O3S/c1-3-25-9-5-7-18-15(24)13-10-14(23)19-16-22(13)20-17(26-16)21-8-4-6-12(2)11-21/h10,12H,3-9,11H2,1-2H3,(H,18,24)/t12-/m1/s1. The highest BCUT2D eigenvalue weighted by molar-refractivity contribution is 7.20. The molecule has 3 heterocycles. The van der Waals surface area contributed by atoms with Gasteiger partial charge in [-0.3, -0.25) is 9.59 Å². The molecule has 0 aliphatic carbocycles. The van der Waals surface area contributed by atoms with Crippen LogP contribution >= 0.6 is 11.3 Å². The average Bonchev–Trinajstić information content (AvgIpc) is 3.04. The van der Waals surface area contributed by atoms with E-state index >= 15 is 0 Å². The minimum absolute atomic E-state index is 0.226. The molecule has 0 saturated carbocycles. The first-order chi connectivity index (χ1) is 12.6. The largest absolute Gasteiger partial charge is 0.382 e. The number of piperidine rings is 1. The highest BCUT2D eigenvalue weighted by atomic mass is 32.1. The molecule has 1 fully saturated rings. The Morgan fingerprint density at radius 2 is 2.35 bits per heavy atom.